The Morgan fingerprint density at radius 3 is 3.13 bits per heavy atom. The smallest absolute Gasteiger partial charge is 0.256 e. The number of ether oxygens (including phenoxy) is 1. The molecule has 6 heteroatoms. The van der Waals surface area contributed by atoms with Crippen LogP contribution in [0.15, 0.2) is 4.52 Å². The SMILES string of the molecule is NC[C@H](O)c1nc(C2CCCOC2)no1. The fourth-order valence-corrected chi connectivity index (χ4v) is 1.59. The molecule has 15 heavy (non-hydrogen) atoms. The van der Waals surface area contributed by atoms with Crippen molar-refractivity contribution >= 4 is 0 Å². The summed E-state index contributed by atoms with van der Waals surface area (Å²) in [6, 6.07) is 0. The van der Waals surface area contributed by atoms with E-state index >= 15 is 0 Å². The van der Waals surface area contributed by atoms with Crippen molar-refractivity contribution in [2.24, 2.45) is 5.73 Å². The van der Waals surface area contributed by atoms with Crippen LogP contribution in [-0.4, -0.2) is 35.0 Å². The summed E-state index contributed by atoms with van der Waals surface area (Å²) in [5, 5.41) is 13.2. The van der Waals surface area contributed by atoms with Crippen LogP contribution in [0.25, 0.3) is 0 Å². The van der Waals surface area contributed by atoms with Gasteiger partial charge in [-0.05, 0) is 12.8 Å². The second kappa shape index (κ2) is 4.69. The van der Waals surface area contributed by atoms with Gasteiger partial charge in [0.2, 0.25) is 0 Å². The zero-order valence-corrected chi connectivity index (χ0v) is 8.43. The number of aromatic nitrogens is 2. The van der Waals surface area contributed by atoms with Gasteiger partial charge in [0.15, 0.2) is 5.82 Å². The van der Waals surface area contributed by atoms with Crippen LogP contribution in [-0.2, 0) is 4.74 Å². The van der Waals surface area contributed by atoms with E-state index in [0.29, 0.717) is 12.4 Å². The van der Waals surface area contributed by atoms with Crippen LogP contribution < -0.4 is 5.73 Å². The third-order valence-electron chi connectivity index (χ3n) is 2.49. The van der Waals surface area contributed by atoms with Gasteiger partial charge < -0.3 is 20.1 Å². The van der Waals surface area contributed by atoms with E-state index in [1.165, 1.54) is 0 Å². The number of hydrogen-bond acceptors (Lipinski definition) is 6. The molecule has 0 aliphatic carbocycles. The summed E-state index contributed by atoms with van der Waals surface area (Å²) >= 11 is 0. The highest BCUT2D eigenvalue weighted by Gasteiger charge is 2.23. The molecule has 0 amide bonds. The van der Waals surface area contributed by atoms with Gasteiger partial charge in [0.25, 0.3) is 5.89 Å². The first kappa shape index (κ1) is 10.5. The van der Waals surface area contributed by atoms with Crippen molar-refractivity contribution in [1.29, 1.82) is 0 Å². The second-order valence-electron chi connectivity index (χ2n) is 3.66. The molecule has 0 bridgehead atoms. The third-order valence-corrected chi connectivity index (χ3v) is 2.49. The number of hydrogen-bond donors (Lipinski definition) is 2. The van der Waals surface area contributed by atoms with Gasteiger partial charge in [-0.15, -0.1) is 0 Å². The van der Waals surface area contributed by atoms with Gasteiger partial charge >= 0.3 is 0 Å². The minimum Gasteiger partial charge on any atom is -0.382 e. The van der Waals surface area contributed by atoms with E-state index in [9.17, 15) is 5.11 Å². The van der Waals surface area contributed by atoms with E-state index in [1.807, 2.05) is 0 Å². The molecule has 1 saturated heterocycles. The highest BCUT2D eigenvalue weighted by atomic mass is 16.5. The van der Waals surface area contributed by atoms with Crippen molar-refractivity contribution in [3.8, 4) is 0 Å². The fraction of sp³-hybridized carbons (Fsp3) is 0.778. The first-order valence-electron chi connectivity index (χ1n) is 5.10. The Morgan fingerprint density at radius 1 is 1.60 bits per heavy atom. The van der Waals surface area contributed by atoms with E-state index in [1.54, 1.807) is 0 Å². The first-order chi connectivity index (χ1) is 7.31. The average Bonchev–Trinajstić information content (AvgIpc) is 2.78. The lowest BCUT2D eigenvalue weighted by Crippen LogP contribution is -2.17. The third kappa shape index (κ3) is 2.34. The summed E-state index contributed by atoms with van der Waals surface area (Å²) < 4.78 is 10.2. The molecule has 1 aliphatic rings. The lowest BCUT2D eigenvalue weighted by Gasteiger charge is -2.18. The maximum Gasteiger partial charge on any atom is 0.256 e. The van der Waals surface area contributed by atoms with E-state index in [2.05, 4.69) is 10.1 Å². The number of rotatable bonds is 3. The van der Waals surface area contributed by atoms with Gasteiger partial charge in [0, 0.05) is 19.1 Å². The molecule has 6 nitrogen and oxygen atoms in total. The lowest BCUT2D eigenvalue weighted by molar-refractivity contribution is 0.0773. The zero-order valence-electron chi connectivity index (χ0n) is 8.43. The van der Waals surface area contributed by atoms with Crippen LogP contribution in [0, 0.1) is 0 Å². The van der Waals surface area contributed by atoms with Crippen molar-refractivity contribution in [3.63, 3.8) is 0 Å². The van der Waals surface area contributed by atoms with Crippen molar-refractivity contribution in [2.75, 3.05) is 19.8 Å². The first-order valence-corrected chi connectivity index (χ1v) is 5.10. The molecule has 0 saturated carbocycles. The summed E-state index contributed by atoms with van der Waals surface area (Å²) in [7, 11) is 0. The summed E-state index contributed by atoms with van der Waals surface area (Å²) in [4.78, 5) is 4.12. The van der Waals surface area contributed by atoms with E-state index < -0.39 is 6.10 Å². The molecular formula is C9H15N3O3. The Labute approximate surface area is 87.4 Å². The number of aliphatic hydroxyl groups excluding tert-OH is 1. The standard InChI is InChI=1S/C9H15N3O3/c10-4-7(13)9-11-8(12-15-9)6-2-1-3-14-5-6/h6-7,13H,1-5,10H2/t6?,7-/m0/s1. The summed E-state index contributed by atoms with van der Waals surface area (Å²) in [6.45, 7) is 1.51. The number of nitrogens with zero attached hydrogens (tertiary/aromatic N) is 2. The molecule has 0 radical (unpaired) electrons. The minimum absolute atomic E-state index is 0.0861. The maximum atomic E-state index is 9.39. The Kier molecular flexibility index (Phi) is 3.30. The molecule has 1 aromatic rings. The van der Waals surface area contributed by atoms with E-state index in [0.717, 1.165) is 19.4 Å². The molecule has 0 aromatic carbocycles. The van der Waals surface area contributed by atoms with Gasteiger partial charge in [0.1, 0.15) is 6.10 Å². The largest absolute Gasteiger partial charge is 0.382 e. The van der Waals surface area contributed by atoms with Crippen molar-refractivity contribution < 1.29 is 14.4 Å². The molecule has 0 spiro atoms. The quantitative estimate of drug-likeness (QED) is 0.731. The Morgan fingerprint density at radius 2 is 2.47 bits per heavy atom. The van der Waals surface area contributed by atoms with Crippen LogP contribution in [0.2, 0.25) is 0 Å². The number of nitrogens with two attached hydrogens (primary N) is 1. The van der Waals surface area contributed by atoms with Crippen LogP contribution in [0.5, 0.6) is 0 Å². The summed E-state index contributed by atoms with van der Waals surface area (Å²) in [5.41, 5.74) is 5.29. The molecule has 1 aromatic heterocycles. The fourth-order valence-electron chi connectivity index (χ4n) is 1.59. The Bertz CT molecular complexity index is 309. The van der Waals surface area contributed by atoms with Gasteiger partial charge in [0.05, 0.1) is 6.61 Å². The van der Waals surface area contributed by atoms with Crippen LogP contribution in [0.4, 0.5) is 0 Å². The lowest BCUT2D eigenvalue weighted by atomic mass is 10.0. The predicted molar refractivity (Wildman–Crippen MR) is 51.1 cm³/mol. The van der Waals surface area contributed by atoms with Gasteiger partial charge in [-0.3, -0.25) is 0 Å². The molecule has 1 fully saturated rings. The Hall–Kier alpha value is -0.980. The second-order valence-corrected chi connectivity index (χ2v) is 3.66. The normalized spacial score (nSPS) is 24.0. The predicted octanol–water partition coefficient (Wildman–Crippen LogP) is -0.0443. The average molecular weight is 213 g/mol. The molecule has 2 heterocycles. The van der Waals surface area contributed by atoms with Crippen molar-refractivity contribution in [1.82, 2.24) is 10.1 Å². The van der Waals surface area contributed by atoms with Crippen molar-refractivity contribution in [2.45, 2.75) is 24.9 Å². The minimum atomic E-state index is -0.865. The summed E-state index contributed by atoms with van der Waals surface area (Å²) in [6.07, 6.45) is 1.14. The highest BCUT2D eigenvalue weighted by Crippen LogP contribution is 2.23. The van der Waals surface area contributed by atoms with Crippen LogP contribution in [0.3, 0.4) is 0 Å². The highest BCUT2D eigenvalue weighted by molar-refractivity contribution is 4.98. The molecule has 2 rings (SSSR count). The molecule has 2 atom stereocenters. The zero-order chi connectivity index (χ0) is 10.7. The maximum absolute atomic E-state index is 9.39. The summed E-state index contributed by atoms with van der Waals surface area (Å²) in [5.74, 6) is 0.983. The topological polar surface area (TPSA) is 94.4 Å². The van der Waals surface area contributed by atoms with Crippen molar-refractivity contribution in [3.05, 3.63) is 11.7 Å². The molecule has 1 aliphatic heterocycles. The van der Waals surface area contributed by atoms with Gasteiger partial charge in [-0.25, -0.2) is 0 Å². The molecule has 1 unspecified atom stereocenters. The van der Waals surface area contributed by atoms with E-state index in [-0.39, 0.29) is 18.4 Å². The molecule has 84 valence electrons. The van der Waals surface area contributed by atoms with E-state index in [4.69, 9.17) is 15.0 Å². The monoisotopic (exact) mass is 213 g/mol. The van der Waals surface area contributed by atoms with Crippen LogP contribution >= 0.6 is 0 Å². The molecular weight excluding hydrogens is 198 g/mol. The van der Waals surface area contributed by atoms with Gasteiger partial charge in [-0.2, -0.15) is 4.98 Å². The number of aliphatic hydroxyl groups is 1. The molecule has 3 N–H and O–H groups in total. The van der Waals surface area contributed by atoms with Gasteiger partial charge in [-0.1, -0.05) is 5.16 Å². The Balaban J connectivity index is 2.05. The van der Waals surface area contributed by atoms with Crippen LogP contribution in [0.1, 0.15) is 36.6 Å².